The van der Waals surface area contributed by atoms with Crippen LogP contribution in [-0.4, -0.2) is 46.0 Å². The van der Waals surface area contributed by atoms with Crippen LogP contribution in [-0.2, 0) is 16.1 Å². The molecule has 2 N–H and O–H groups in total. The number of benzene rings is 1. The summed E-state index contributed by atoms with van der Waals surface area (Å²) in [5, 5.41) is 6.09. The van der Waals surface area contributed by atoms with Crippen LogP contribution in [0.3, 0.4) is 0 Å². The molecule has 1 aliphatic rings. The van der Waals surface area contributed by atoms with Gasteiger partial charge in [-0.05, 0) is 31.4 Å². The van der Waals surface area contributed by atoms with E-state index in [0.717, 1.165) is 19.3 Å². The second kappa shape index (κ2) is 10.1. The van der Waals surface area contributed by atoms with Gasteiger partial charge in [0, 0.05) is 25.6 Å². The van der Waals surface area contributed by atoms with Crippen LogP contribution in [0.4, 0.5) is 15.2 Å². The first-order valence-corrected chi connectivity index (χ1v) is 11.7. The Morgan fingerprint density at radius 1 is 1.24 bits per heavy atom. The number of aromatic nitrogens is 3. The number of carbonyl (C=O) groups excluding carboxylic acids is 2. The van der Waals surface area contributed by atoms with E-state index in [1.165, 1.54) is 40.4 Å². The molecule has 1 aliphatic heterocycles. The minimum Gasteiger partial charge on any atom is -0.356 e. The molecule has 0 atom stereocenters. The second-order valence-electron chi connectivity index (χ2n) is 7.91. The largest absolute Gasteiger partial charge is 0.356 e. The van der Waals surface area contributed by atoms with Crippen molar-refractivity contribution in [3.63, 3.8) is 0 Å². The van der Waals surface area contributed by atoms with Gasteiger partial charge < -0.3 is 15.5 Å². The Bertz CT molecular complexity index is 1220. The van der Waals surface area contributed by atoms with Crippen LogP contribution in [0, 0.1) is 11.7 Å². The molecule has 3 heterocycles. The van der Waals surface area contributed by atoms with Gasteiger partial charge in [0.1, 0.15) is 23.4 Å². The van der Waals surface area contributed by atoms with Gasteiger partial charge in [-0.1, -0.05) is 30.4 Å². The number of hydrogen-bond donors (Lipinski definition) is 2. The van der Waals surface area contributed by atoms with E-state index in [-0.39, 0.29) is 29.6 Å². The van der Waals surface area contributed by atoms with E-state index < -0.39 is 11.7 Å². The number of rotatable bonds is 7. The number of nitrogens with one attached hydrogen (secondary N) is 2. The molecule has 0 aliphatic carbocycles. The van der Waals surface area contributed by atoms with Crippen LogP contribution in [0.25, 0.3) is 10.3 Å². The Hall–Kier alpha value is -3.34. The van der Waals surface area contributed by atoms with Crippen molar-refractivity contribution in [2.45, 2.75) is 32.7 Å². The highest BCUT2D eigenvalue weighted by Crippen LogP contribution is 2.29. The van der Waals surface area contributed by atoms with Gasteiger partial charge in [0.25, 0.3) is 5.56 Å². The monoisotopic (exact) mass is 472 g/mol. The number of halogens is 1. The van der Waals surface area contributed by atoms with E-state index >= 15 is 0 Å². The molecule has 3 aromatic rings. The standard InChI is InChI=1S/C22H25FN6O3S/c1-2-9-24-20(31)14-7-10-28(11-8-14)22-27-19-18(33-22)21(32)29(13-25-19)12-17(30)26-16-6-4-3-5-15(16)23/h3-6,13-14H,2,7-12H2,1H3,(H,24,31)(H,26,30). The topological polar surface area (TPSA) is 109 Å². The van der Waals surface area contributed by atoms with Crippen molar-refractivity contribution in [3.05, 3.63) is 46.8 Å². The first-order chi connectivity index (χ1) is 16.0. The van der Waals surface area contributed by atoms with Crippen LogP contribution >= 0.6 is 11.3 Å². The average Bonchev–Trinajstić information content (AvgIpc) is 3.26. The lowest BCUT2D eigenvalue weighted by Crippen LogP contribution is -2.40. The fourth-order valence-corrected chi connectivity index (χ4v) is 4.74. The third kappa shape index (κ3) is 5.19. The Morgan fingerprint density at radius 3 is 2.73 bits per heavy atom. The number of nitrogens with zero attached hydrogens (tertiary/aromatic N) is 4. The quantitative estimate of drug-likeness (QED) is 0.547. The van der Waals surface area contributed by atoms with Gasteiger partial charge in [0.05, 0.1) is 5.69 Å². The van der Waals surface area contributed by atoms with E-state index in [0.29, 0.717) is 35.1 Å². The molecule has 0 unspecified atom stereocenters. The highest BCUT2D eigenvalue weighted by atomic mass is 32.1. The maximum absolute atomic E-state index is 13.8. The molecular weight excluding hydrogens is 447 g/mol. The molecule has 0 saturated carbocycles. The van der Waals surface area contributed by atoms with Gasteiger partial charge in [-0.3, -0.25) is 19.0 Å². The zero-order chi connectivity index (χ0) is 23.4. The zero-order valence-electron chi connectivity index (χ0n) is 18.2. The number of hydrogen-bond acceptors (Lipinski definition) is 7. The molecule has 1 saturated heterocycles. The number of carbonyl (C=O) groups is 2. The van der Waals surface area contributed by atoms with Crippen molar-refractivity contribution in [1.82, 2.24) is 19.9 Å². The van der Waals surface area contributed by atoms with Crippen LogP contribution in [0.15, 0.2) is 35.4 Å². The fourth-order valence-electron chi connectivity index (χ4n) is 3.72. The highest BCUT2D eigenvalue weighted by Gasteiger charge is 2.26. The number of anilines is 2. The van der Waals surface area contributed by atoms with E-state index in [9.17, 15) is 18.8 Å². The van der Waals surface area contributed by atoms with Gasteiger partial charge in [0.15, 0.2) is 10.8 Å². The third-order valence-electron chi connectivity index (χ3n) is 5.52. The lowest BCUT2D eigenvalue weighted by Gasteiger charge is -2.30. The maximum atomic E-state index is 13.8. The van der Waals surface area contributed by atoms with Gasteiger partial charge in [-0.15, -0.1) is 0 Å². The molecule has 11 heteroatoms. The summed E-state index contributed by atoms with van der Waals surface area (Å²) in [6, 6.07) is 5.83. The van der Waals surface area contributed by atoms with Crippen molar-refractivity contribution in [1.29, 1.82) is 0 Å². The summed E-state index contributed by atoms with van der Waals surface area (Å²) in [4.78, 5) is 48.2. The lowest BCUT2D eigenvalue weighted by molar-refractivity contribution is -0.125. The molecule has 4 rings (SSSR count). The molecule has 1 fully saturated rings. The summed E-state index contributed by atoms with van der Waals surface area (Å²) in [6.07, 6.45) is 3.63. The summed E-state index contributed by atoms with van der Waals surface area (Å²) in [7, 11) is 0. The molecular formula is C22H25FN6O3S. The number of piperidine rings is 1. The number of para-hydroxylation sites is 1. The van der Waals surface area contributed by atoms with E-state index in [1.54, 1.807) is 6.07 Å². The Labute approximate surface area is 193 Å². The van der Waals surface area contributed by atoms with Crippen molar-refractivity contribution in [2.24, 2.45) is 5.92 Å². The summed E-state index contributed by atoms with van der Waals surface area (Å²) >= 11 is 1.23. The van der Waals surface area contributed by atoms with E-state index in [2.05, 4.69) is 25.5 Å². The molecule has 2 amide bonds. The molecule has 1 aromatic carbocycles. The first-order valence-electron chi connectivity index (χ1n) is 10.9. The molecule has 0 spiro atoms. The molecule has 174 valence electrons. The smallest absolute Gasteiger partial charge is 0.273 e. The van der Waals surface area contributed by atoms with Crippen LogP contribution in [0.2, 0.25) is 0 Å². The minimum absolute atomic E-state index is 0.00880. The Morgan fingerprint density at radius 2 is 2.00 bits per heavy atom. The molecule has 9 nitrogen and oxygen atoms in total. The zero-order valence-corrected chi connectivity index (χ0v) is 19.0. The predicted octanol–water partition coefficient (Wildman–Crippen LogP) is 2.37. The van der Waals surface area contributed by atoms with Crippen LogP contribution in [0.1, 0.15) is 26.2 Å². The number of thiazole rings is 1. The number of amides is 2. The first kappa shape index (κ1) is 22.8. The predicted molar refractivity (Wildman–Crippen MR) is 125 cm³/mol. The SMILES string of the molecule is CCCNC(=O)C1CCN(c2nc3ncn(CC(=O)Nc4ccccc4F)c(=O)c3s2)CC1. The third-order valence-corrected chi connectivity index (χ3v) is 6.61. The lowest BCUT2D eigenvalue weighted by atomic mass is 9.96. The molecule has 0 bridgehead atoms. The second-order valence-corrected chi connectivity index (χ2v) is 8.88. The van der Waals surface area contributed by atoms with Gasteiger partial charge in [-0.25, -0.2) is 9.37 Å². The fraction of sp³-hybridized carbons (Fsp3) is 0.409. The Kier molecular flexibility index (Phi) is 6.97. The van der Waals surface area contributed by atoms with Gasteiger partial charge in [-0.2, -0.15) is 4.98 Å². The van der Waals surface area contributed by atoms with Crippen LogP contribution < -0.4 is 21.1 Å². The van der Waals surface area contributed by atoms with E-state index in [4.69, 9.17) is 0 Å². The summed E-state index contributed by atoms with van der Waals surface area (Å²) in [5.41, 5.74) is 0.00581. The molecule has 2 aromatic heterocycles. The highest BCUT2D eigenvalue weighted by molar-refractivity contribution is 7.22. The summed E-state index contributed by atoms with van der Waals surface area (Å²) < 4.78 is 15.3. The average molecular weight is 473 g/mol. The maximum Gasteiger partial charge on any atom is 0.273 e. The van der Waals surface area contributed by atoms with Crippen molar-refractivity contribution >= 4 is 44.3 Å². The van der Waals surface area contributed by atoms with Crippen molar-refractivity contribution < 1.29 is 14.0 Å². The Balaban J connectivity index is 1.43. The minimum atomic E-state index is -0.550. The van der Waals surface area contributed by atoms with Crippen molar-refractivity contribution in [3.8, 4) is 0 Å². The summed E-state index contributed by atoms with van der Waals surface area (Å²) in [5.74, 6) is -0.994. The normalized spacial score (nSPS) is 14.4. The van der Waals surface area contributed by atoms with Crippen molar-refractivity contribution in [2.75, 3.05) is 29.9 Å². The molecule has 33 heavy (non-hydrogen) atoms. The molecule has 0 radical (unpaired) electrons. The number of fused-ring (bicyclic) bond motifs is 1. The van der Waals surface area contributed by atoms with E-state index in [1.807, 2.05) is 6.92 Å². The summed E-state index contributed by atoms with van der Waals surface area (Å²) in [6.45, 7) is 3.76. The van der Waals surface area contributed by atoms with Gasteiger partial charge >= 0.3 is 0 Å². The van der Waals surface area contributed by atoms with Gasteiger partial charge in [0.2, 0.25) is 11.8 Å². The van der Waals surface area contributed by atoms with Crippen LogP contribution in [0.5, 0.6) is 0 Å².